The third-order valence-electron chi connectivity index (χ3n) is 4.46. The van der Waals surface area contributed by atoms with Gasteiger partial charge in [0.15, 0.2) is 0 Å². The molecule has 124 valence electrons. The predicted octanol–water partition coefficient (Wildman–Crippen LogP) is 3.81. The minimum absolute atomic E-state index is 0.418. The largest absolute Gasteiger partial charge is 0.497 e. The zero-order valence-corrected chi connectivity index (χ0v) is 14.1. The monoisotopic (exact) mass is 343 g/mol. The molecular formula is C17H18ClN5O. The van der Waals surface area contributed by atoms with Crippen LogP contribution in [-0.2, 0) is 0 Å². The lowest BCUT2D eigenvalue weighted by atomic mass is 10.1. The van der Waals surface area contributed by atoms with Crippen molar-refractivity contribution < 1.29 is 4.74 Å². The van der Waals surface area contributed by atoms with Crippen molar-refractivity contribution in [2.75, 3.05) is 12.4 Å². The number of nitrogens with zero attached hydrogens (tertiary/aromatic N) is 4. The molecule has 0 saturated heterocycles. The van der Waals surface area contributed by atoms with Crippen LogP contribution in [0, 0.1) is 0 Å². The molecule has 1 fully saturated rings. The molecule has 7 heteroatoms. The lowest BCUT2D eigenvalue weighted by Gasteiger charge is -2.18. The summed E-state index contributed by atoms with van der Waals surface area (Å²) >= 11 is 6.50. The van der Waals surface area contributed by atoms with Crippen LogP contribution in [0.4, 0.5) is 5.82 Å². The minimum atomic E-state index is 0.418. The van der Waals surface area contributed by atoms with E-state index in [1.54, 1.807) is 11.6 Å². The molecule has 24 heavy (non-hydrogen) atoms. The number of halogens is 1. The fraction of sp³-hybridized carbons (Fsp3) is 0.353. The number of nitrogens with one attached hydrogen (secondary N) is 1. The van der Waals surface area contributed by atoms with Crippen LogP contribution in [0.15, 0.2) is 30.6 Å². The second-order valence-electron chi connectivity index (χ2n) is 5.95. The zero-order valence-electron chi connectivity index (χ0n) is 13.4. The summed E-state index contributed by atoms with van der Waals surface area (Å²) in [6, 6.07) is 8.20. The van der Waals surface area contributed by atoms with Crippen molar-refractivity contribution in [1.82, 2.24) is 19.6 Å². The van der Waals surface area contributed by atoms with Gasteiger partial charge in [-0.1, -0.05) is 36.6 Å². The van der Waals surface area contributed by atoms with E-state index in [0.29, 0.717) is 17.0 Å². The van der Waals surface area contributed by atoms with Crippen LogP contribution in [0.5, 0.6) is 5.75 Å². The van der Waals surface area contributed by atoms with Gasteiger partial charge in [0.25, 0.3) is 5.78 Å². The number of hydrogen-bond acceptors (Lipinski definition) is 5. The van der Waals surface area contributed by atoms with Crippen molar-refractivity contribution in [2.45, 2.75) is 31.7 Å². The van der Waals surface area contributed by atoms with Crippen molar-refractivity contribution in [3.05, 3.63) is 35.7 Å². The highest BCUT2D eigenvalue weighted by Gasteiger charge is 2.22. The van der Waals surface area contributed by atoms with Crippen LogP contribution in [0.3, 0.4) is 0 Å². The minimum Gasteiger partial charge on any atom is -0.497 e. The van der Waals surface area contributed by atoms with Crippen molar-refractivity contribution in [2.24, 2.45) is 0 Å². The quantitative estimate of drug-likeness (QED) is 0.730. The van der Waals surface area contributed by atoms with Gasteiger partial charge in [-0.3, -0.25) is 0 Å². The number of aromatic nitrogens is 4. The van der Waals surface area contributed by atoms with Gasteiger partial charge >= 0.3 is 0 Å². The summed E-state index contributed by atoms with van der Waals surface area (Å²) in [5.74, 6) is 2.15. The van der Waals surface area contributed by atoms with Crippen molar-refractivity contribution in [1.29, 1.82) is 0 Å². The summed E-state index contributed by atoms with van der Waals surface area (Å²) in [4.78, 5) is 8.55. The molecule has 4 rings (SSSR count). The average molecular weight is 344 g/mol. The smallest absolute Gasteiger partial charge is 0.255 e. The Balaban J connectivity index is 1.86. The Kier molecular flexibility index (Phi) is 3.98. The molecular weight excluding hydrogens is 326 g/mol. The number of hydrogen-bond donors (Lipinski definition) is 1. The van der Waals surface area contributed by atoms with E-state index in [1.807, 2.05) is 24.3 Å². The summed E-state index contributed by atoms with van der Waals surface area (Å²) in [6.45, 7) is 0. The molecule has 6 nitrogen and oxygen atoms in total. The molecule has 0 radical (unpaired) electrons. The van der Waals surface area contributed by atoms with Gasteiger partial charge in [0.2, 0.25) is 0 Å². The van der Waals surface area contributed by atoms with Crippen LogP contribution >= 0.6 is 11.6 Å². The predicted molar refractivity (Wildman–Crippen MR) is 93.7 cm³/mol. The summed E-state index contributed by atoms with van der Waals surface area (Å²) in [6.07, 6.45) is 6.29. The van der Waals surface area contributed by atoms with Gasteiger partial charge < -0.3 is 10.1 Å². The molecule has 3 aromatic rings. The van der Waals surface area contributed by atoms with E-state index in [-0.39, 0.29) is 0 Å². The van der Waals surface area contributed by atoms with E-state index in [1.165, 1.54) is 19.2 Å². The van der Waals surface area contributed by atoms with Gasteiger partial charge in [-0.15, -0.1) is 0 Å². The molecule has 0 unspecified atom stereocenters. The van der Waals surface area contributed by atoms with Gasteiger partial charge in [0.05, 0.1) is 12.7 Å². The van der Waals surface area contributed by atoms with Gasteiger partial charge in [0.1, 0.15) is 23.0 Å². The third-order valence-corrected chi connectivity index (χ3v) is 4.73. The molecule has 0 atom stereocenters. The third kappa shape index (κ3) is 2.67. The molecule has 1 saturated carbocycles. The first kappa shape index (κ1) is 15.2. The SMILES string of the molecule is COc1ccc(-c2c(Cl)nc3ncnn3c2NC2CCCC2)cc1. The first-order valence-electron chi connectivity index (χ1n) is 8.06. The average Bonchev–Trinajstić information content (AvgIpc) is 3.26. The number of anilines is 1. The Bertz CT molecular complexity index is 855. The number of methoxy groups -OCH3 is 1. The highest BCUT2D eigenvalue weighted by Crippen LogP contribution is 2.36. The molecule has 1 aliphatic carbocycles. The Morgan fingerprint density at radius 3 is 2.67 bits per heavy atom. The first-order valence-corrected chi connectivity index (χ1v) is 8.44. The second kappa shape index (κ2) is 6.28. The standard InChI is InChI=1S/C17H18ClN5O/c1-24-13-8-6-11(7-9-13)14-15(18)22-17-19-10-20-23(17)16(14)21-12-4-2-3-5-12/h6-10,12,21H,2-5H2,1H3. The van der Waals surface area contributed by atoms with E-state index >= 15 is 0 Å². The van der Waals surface area contributed by atoms with Crippen molar-refractivity contribution >= 4 is 23.2 Å². The number of ether oxygens (including phenoxy) is 1. The van der Waals surface area contributed by atoms with Gasteiger partial charge in [-0.2, -0.15) is 19.6 Å². The van der Waals surface area contributed by atoms with Crippen LogP contribution in [0.2, 0.25) is 5.15 Å². The van der Waals surface area contributed by atoms with E-state index in [2.05, 4.69) is 20.4 Å². The van der Waals surface area contributed by atoms with E-state index in [4.69, 9.17) is 16.3 Å². The molecule has 2 aromatic heterocycles. The van der Waals surface area contributed by atoms with Crippen LogP contribution in [-0.4, -0.2) is 32.7 Å². The molecule has 0 aliphatic heterocycles. The van der Waals surface area contributed by atoms with Gasteiger partial charge in [-0.25, -0.2) is 0 Å². The van der Waals surface area contributed by atoms with E-state index in [0.717, 1.165) is 35.5 Å². The topological polar surface area (TPSA) is 64.3 Å². The molecule has 1 N–H and O–H groups in total. The van der Waals surface area contributed by atoms with E-state index in [9.17, 15) is 0 Å². The van der Waals surface area contributed by atoms with Gasteiger partial charge in [-0.05, 0) is 30.5 Å². The van der Waals surface area contributed by atoms with E-state index < -0.39 is 0 Å². The van der Waals surface area contributed by atoms with Crippen molar-refractivity contribution in [3.8, 4) is 16.9 Å². The Hall–Kier alpha value is -2.34. The molecule has 1 aromatic carbocycles. The lowest BCUT2D eigenvalue weighted by Crippen LogP contribution is -2.18. The zero-order chi connectivity index (χ0) is 16.5. The maximum atomic E-state index is 6.50. The van der Waals surface area contributed by atoms with Crippen LogP contribution < -0.4 is 10.1 Å². The number of fused-ring (bicyclic) bond motifs is 1. The molecule has 0 bridgehead atoms. The summed E-state index contributed by atoms with van der Waals surface area (Å²) in [5, 5.41) is 8.35. The summed E-state index contributed by atoms with van der Waals surface area (Å²) in [7, 11) is 1.65. The molecule has 1 aliphatic rings. The lowest BCUT2D eigenvalue weighted by molar-refractivity contribution is 0.415. The molecule has 0 amide bonds. The Morgan fingerprint density at radius 2 is 1.96 bits per heavy atom. The van der Waals surface area contributed by atoms with Crippen LogP contribution in [0.25, 0.3) is 16.9 Å². The van der Waals surface area contributed by atoms with Crippen molar-refractivity contribution in [3.63, 3.8) is 0 Å². The summed E-state index contributed by atoms with van der Waals surface area (Å²) < 4.78 is 6.97. The normalized spacial score (nSPS) is 15.1. The number of benzene rings is 1. The Morgan fingerprint density at radius 1 is 1.21 bits per heavy atom. The highest BCUT2D eigenvalue weighted by atomic mass is 35.5. The van der Waals surface area contributed by atoms with Crippen LogP contribution in [0.1, 0.15) is 25.7 Å². The number of rotatable bonds is 4. The maximum absolute atomic E-state index is 6.50. The summed E-state index contributed by atoms with van der Waals surface area (Å²) in [5.41, 5.74) is 1.80. The first-order chi connectivity index (χ1) is 11.8. The second-order valence-corrected chi connectivity index (χ2v) is 6.31. The molecule has 2 heterocycles. The van der Waals surface area contributed by atoms with Gasteiger partial charge in [0, 0.05) is 6.04 Å². The fourth-order valence-electron chi connectivity index (χ4n) is 3.23. The fourth-order valence-corrected chi connectivity index (χ4v) is 3.50. The molecule has 0 spiro atoms. The maximum Gasteiger partial charge on any atom is 0.255 e. The highest BCUT2D eigenvalue weighted by molar-refractivity contribution is 6.33. The Labute approximate surface area is 144 Å².